The lowest BCUT2D eigenvalue weighted by Crippen LogP contribution is -2.43. The van der Waals surface area contributed by atoms with Crippen molar-refractivity contribution in [2.75, 3.05) is 25.8 Å². The van der Waals surface area contributed by atoms with Crippen molar-refractivity contribution >= 4 is 23.6 Å². The summed E-state index contributed by atoms with van der Waals surface area (Å²) >= 11 is 1.13. The van der Waals surface area contributed by atoms with Crippen molar-refractivity contribution in [1.82, 2.24) is 20.2 Å². The van der Waals surface area contributed by atoms with Gasteiger partial charge in [0.25, 0.3) is 0 Å². The average molecular weight is 407 g/mol. The van der Waals surface area contributed by atoms with Crippen molar-refractivity contribution in [1.29, 1.82) is 0 Å². The molecule has 0 unspecified atom stereocenters. The molecule has 1 atom stereocenters. The van der Waals surface area contributed by atoms with E-state index in [0.717, 1.165) is 23.1 Å². The minimum absolute atomic E-state index is 0.0452. The number of nitrogens with one attached hydrogen (secondary N) is 1. The van der Waals surface area contributed by atoms with Gasteiger partial charge < -0.3 is 20.6 Å². The fourth-order valence-corrected chi connectivity index (χ4v) is 3.17. The fourth-order valence-electron chi connectivity index (χ4n) is 2.51. The van der Waals surface area contributed by atoms with E-state index in [1.807, 2.05) is 26.0 Å². The Balaban J connectivity index is 1.99. The van der Waals surface area contributed by atoms with Gasteiger partial charge in [0.15, 0.2) is 5.82 Å². The average Bonchev–Trinajstić information content (AvgIpc) is 3.05. The Morgan fingerprint density at radius 2 is 1.89 bits per heavy atom. The van der Waals surface area contributed by atoms with Crippen LogP contribution in [-0.4, -0.2) is 52.8 Å². The number of thioether (sulfide) groups is 1. The molecule has 2 aromatic rings. The lowest BCUT2D eigenvalue weighted by atomic mass is 10.0. The van der Waals surface area contributed by atoms with E-state index in [4.69, 9.17) is 15.3 Å². The molecule has 0 aliphatic rings. The number of amides is 1. The van der Waals surface area contributed by atoms with Gasteiger partial charge in [-0.2, -0.15) is 0 Å². The van der Waals surface area contributed by atoms with Gasteiger partial charge in [-0.25, -0.2) is 9.47 Å². The van der Waals surface area contributed by atoms with E-state index in [-0.39, 0.29) is 17.6 Å². The standard InChI is InChI=1S/C18H25N5O4S/c1-11(2)9-14(17(25)27-4)20-15(24)10-28-18-22-21-16(23(18)19)12-5-7-13(26-3)8-6-12/h5-8,11,14H,9-10,19H2,1-4H3,(H,20,24)/t14-/m0/s1. The van der Waals surface area contributed by atoms with Crippen molar-refractivity contribution in [3.63, 3.8) is 0 Å². The third kappa shape index (κ3) is 5.62. The molecule has 9 nitrogen and oxygen atoms in total. The highest BCUT2D eigenvalue weighted by molar-refractivity contribution is 7.99. The highest BCUT2D eigenvalue weighted by atomic mass is 32.2. The highest BCUT2D eigenvalue weighted by Crippen LogP contribution is 2.23. The predicted octanol–water partition coefficient (Wildman–Crippen LogP) is 1.46. The molecule has 3 N–H and O–H groups in total. The van der Waals surface area contributed by atoms with Crippen molar-refractivity contribution < 1.29 is 19.1 Å². The van der Waals surface area contributed by atoms with Crippen LogP contribution in [0.2, 0.25) is 0 Å². The van der Waals surface area contributed by atoms with Gasteiger partial charge in [0.2, 0.25) is 11.1 Å². The van der Waals surface area contributed by atoms with E-state index in [9.17, 15) is 9.59 Å². The number of carbonyl (C=O) groups is 2. The zero-order valence-corrected chi connectivity index (χ0v) is 17.2. The third-order valence-corrected chi connectivity index (χ3v) is 4.82. The first-order valence-electron chi connectivity index (χ1n) is 8.70. The predicted molar refractivity (Wildman–Crippen MR) is 106 cm³/mol. The Morgan fingerprint density at radius 1 is 1.21 bits per heavy atom. The van der Waals surface area contributed by atoms with Crippen LogP contribution in [0.3, 0.4) is 0 Å². The van der Waals surface area contributed by atoms with Crippen LogP contribution in [0, 0.1) is 5.92 Å². The maximum absolute atomic E-state index is 12.2. The molecule has 1 aromatic carbocycles. The Labute approximate surface area is 167 Å². The molecule has 2 rings (SSSR count). The molecule has 0 radical (unpaired) electrons. The van der Waals surface area contributed by atoms with Crippen LogP contribution in [-0.2, 0) is 14.3 Å². The molecule has 0 saturated heterocycles. The van der Waals surface area contributed by atoms with E-state index >= 15 is 0 Å². The fraction of sp³-hybridized carbons (Fsp3) is 0.444. The molecule has 1 amide bonds. The number of nitrogens with zero attached hydrogens (tertiary/aromatic N) is 3. The summed E-state index contributed by atoms with van der Waals surface area (Å²) in [7, 11) is 2.89. The molecule has 0 bridgehead atoms. The van der Waals surface area contributed by atoms with Crippen LogP contribution < -0.4 is 15.9 Å². The molecular weight excluding hydrogens is 382 g/mol. The molecule has 28 heavy (non-hydrogen) atoms. The van der Waals surface area contributed by atoms with Gasteiger partial charge in [-0.05, 0) is 36.6 Å². The number of methoxy groups -OCH3 is 2. The Kier molecular flexibility index (Phi) is 7.68. The summed E-state index contributed by atoms with van der Waals surface area (Å²) < 4.78 is 11.2. The number of hydrogen-bond acceptors (Lipinski definition) is 8. The van der Waals surface area contributed by atoms with Crippen LogP contribution in [0.5, 0.6) is 5.75 Å². The van der Waals surface area contributed by atoms with E-state index in [1.165, 1.54) is 11.8 Å². The first-order chi connectivity index (χ1) is 13.3. The first-order valence-corrected chi connectivity index (χ1v) is 9.69. The zero-order valence-electron chi connectivity index (χ0n) is 16.3. The summed E-state index contributed by atoms with van der Waals surface area (Å²) in [4.78, 5) is 24.1. The number of nitrogen functional groups attached to an aromatic ring is 1. The smallest absolute Gasteiger partial charge is 0.328 e. The van der Waals surface area contributed by atoms with Gasteiger partial charge in [-0.1, -0.05) is 25.6 Å². The molecule has 1 heterocycles. The number of rotatable bonds is 9. The Bertz CT molecular complexity index is 807. The number of ether oxygens (including phenoxy) is 2. The van der Waals surface area contributed by atoms with Crippen molar-refractivity contribution in [3.8, 4) is 17.1 Å². The minimum Gasteiger partial charge on any atom is -0.497 e. The van der Waals surface area contributed by atoms with Crippen LogP contribution in [0.15, 0.2) is 29.4 Å². The van der Waals surface area contributed by atoms with E-state index < -0.39 is 12.0 Å². The minimum atomic E-state index is -0.677. The number of benzene rings is 1. The van der Waals surface area contributed by atoms with Crippen LogP contribution in [0.4, 0.5) is 0 Å². The monoisotopic (exact) mass is 407 g/mol. The quantitative estimate of drug-likeness (QED) is 0.364. The van der Waals surface area contributed by atoms with E-state index in [0.29, 0.717) is 17.4 Å². The Morgan fingerprint density at radius 3 is 2.46 bits per heavy atom. The van der Waals surface area contributed by atoms with Gasteiger partial charge >= 0.3 is 5.97 Å². The summed E-state index contributed by atoms with van der Waals surface area (Å²) in [5, 5.41) is 11.2. The van der Waals surface area contributed by atoms with Gasteiger partial charge in [-0.3, -0.25) is 4.79 Å². The first kappa shape index (κ1) is 21.5. The lowest BCUT2D eigenvalue weighted by Gasteiger charge is -2.18. The molecule has 0 fully saturated rings. The SMILES string of the molecule is COC(=O)[C@H](CC(C)C)NC(=O)CSc1nnc(-c2ccc(OC)cc2)n1N. The van der Waals surface area contributed by atoms with Crippen molar-refractivity contribution in [2.24, 2.45) is 5.92 Å². The highest BCUT2D eigenvalue weighted by Gasteiger charge is 2.23. The van der Waals surface area contributed by atoms with Crippen molar-refractivity contribution in [2.45, 2.75) is 31.5 Å². The van der Waals surface area contributed by atoms with Gasteiger partial charge in [0.05, 0.1) is 20.0 Å². The molecule has 0 aliphatic carbocycles. The summed E-state index contributed by atoms with van der Waals surface area (Å²) in [6, 6.07) is 6.56. The summed E-state index contributed by atoms with van der Waals surface area (Å²) in [5.74, 6) is 6.76. The molecule has 10 heteroatoms. The molecular formula is C18H25N5O4S. The number of hydrogen-bond donors (Lipinski definition) is 2. The second-order valence-electron chi connectivity index (χ2n) is 6.47. The summed E-state index contributed by atoms with van der Waals surface area (Å²) in [5.41, 5.74) is 0.773. The number of carbonyl (C=O) groups excluding carboxylic acids is 2. The molecule has 0 saturated carbocycles. The number of nitrogens with two attached hydrogens (primary N) is 1. The molecule has 0 spiro atoms. The third-order valence-electron chi connectivity index (χ3n) is 3.87. The van der Waals surface area contributed by atoms with Crippen molar-refractivity contribution in [3.05, 3.63) is 24.3 Å². The van der Waals surface area contributed by atoms with Gasteiger partial charge in [0, 0.05) is 5.56 Å². The number of aromatic nitrogens is 3. The summed E-state index contributed by atoms with van der Waals surface area (Å²) in [6.45, 7) is 3.93. The van der Waals surface area contributed by atoms with Crippen LogP contribution >= 0.6 is 11.8 Å². The maximum Gasteiger partial charge on any atom is 0.328 e. The molecule has 0 aliphatic heterocycles. The zero-order chi connectivity index (χ0) is 20.7. The van der Waals surface area contributed by atoms with Crippen LogP contribution in [0.1, 0.15) is 20.3 Å². The largest absolute Gasteiger partial charge is 0.497 e. The van der Waals surface area contributed by atoms with Gasteiger partial charge in [0.1, 0.15) is 11.8 Å². The van der Waals surface area contributed by atoms with E-state index in [1.54, 1.807) is 19.2 Å². The van der Waals surface area contributed by atoms with E-state index in [2.05, 4.69) is 15.5 Å². The summed E-state index contributed by atoms with van der Waals surface area (Å²) in [6.07, 6.45) is 0.498. The second-order valence-corrected chi connectivity index (χ2v) is 7.41. The van der Waals surface area contributed by atoms with Crippen LogP contribution in [0.25, 0.3) is 11.4 Å². The lowest BCUT2D eigenvalue weighted by molar-refractivity contribution is -0.145. The van der Waals surface area contributed by atoms with Gasteiger partial charge in [-0.15, -0.1) is 10.2 Å². The topological polar surface area (TPSA) is 121 Å². The molecule has 1 aromatic heterocycles. The second kappa shape index (κ2) is 9.98. The Hall–Kier alpha value is -2.75. The maximum atomic E-state index is 12.2. The molecule has 152 valence electrons. The number of esters is 1. The normalized spacial score (nSPS) is 11.9.